The van der Waals surface area contributed by atoms with Crippen LogP contribution in [0, 0.1) is 0 Å². The fourth-order valence-corrected chi connectivity index (χ4v) is 3.12. The minimum Gasteiger partial charge on any atom is -0.467 e. The highest BCUT2D eigenvalue weighted by atomic mass is 35.5. The van der Waals surface area contributed by atoms with Gasteiger partial charge < -0.3 is 9.84 Å². The number of hydrogen-bond donors (Lipinski definition) is 3. The van der Waals surface area contributed by atoms with Crippen LogP contribution in [0.15, 0.2) is 23.4 Å². The quantitative estimate of drug-likeness (QED) is 0.615. The number of carbonyl (C=O) groups is 1. The number of pyridine rings is 1. The molecule has 11 nitrogen and oxygen atoms in total. The van der Waals surface area contributed by atoms with Gasteiger partial charge in [0.15, 0.2) is 5.03 Å². The third-order valence-electron chi connectivity index (χ3n) is 3.03. The summed E-state index contributed by atoms with van der Waals surface area (Å²) < 4.78 is 44.6. The molecule has 0 radical (unpaired) electrons. The Morgan fingerprint density at radius 1 is 1.37 bits per heavy atom. The highest BCUT2D eigenvalue weighted by molar-refractivity contribution is 7.90. The molecule has 14 heteroatoms. The first-order valence-electron chi connectivity index (χ1n) is 7.20. The van der Waals surface area contributed by atoms with Crippen LogP contribution in [-0.4, -0.2) is 52.8 Å². The molecule has 0 aliphatic rings. The number of urea groups is 1. The monoisotopic (exact) mass is 420 g/mol. The van der Waals surface area contributed by atoms with Crippen molar-refractivity contribution in [2.24, 2.45) is 0 Å². The van der Waals surface area contributed by atoms with E-state index in [2.05, 4.69) is 19.9 Å². The SMILES string of the molecule is COc1nc(Cl)nc(NC(=O)NS(=O)(=O)c2ncccc2C(O)C(C)F)n1. The second kappa shape index (κ2) is 8.37. The topological polar surface area (TPSA) is 156 Å². The Morgan fingerprint density at radius 3 is 2.70 bits per heavy atom. The number of amides is 2. The Kier molecular flexibility index (Phi) is 6.41. The average molecular weight is 421 g/mol. The van der Waals surface area contributed by atoms with Crippen LogP contribution in [0.4, 0.5) is 15.1 Å². The first kappa shape index (κ1) is 20.7. The van der Waals surface area contributed by atoms with Crippen LogP contribution in [0.1, 0.15) is 18.6 Å². The zero-order valence-corrected chi connectivity index (χ0v) is 15.5. The summed E-state index contributed by atoms with van der Waals surface area (Å²) in [6.45, 7) is 1.05. The highest BCUT2D eigenvalue weighted by Gasteiger charge is 2.28. The zero-order chi connectivity index (χ0) is 20.2. The van der Waals surface area contributed by atoms with Crippen LogP contribution >= 0.6 is 11.6 Å². The van der Waals surface area contributed by atoms with E-state index in [1.54, 1.807) is 4.72 Å². The van der Waals surface area contributed by atoms with Crippen molar-refractivity contribution in [1.29, 1.82) is 0 Å². The summed E-state index contributed by atoms with van der Waals surface area (Å²) in [4.78, 5) is 26.4. The van der Waals surface area contributed by atoms with Gasteiger partial charge in [-0.05, 0) is 24.6 Å². The average Bonchev–Trinajstić information content (AvgIpc) is 2.59. The van der Waals surface area contributed by atoms with E-state index in [-0.39, 0.29) is 22.8 Å². The number of rotatable bonds is 6. The van der Waals surface area contributed by atoms with Crippen molar-refractivity contribution in [3.8, 4) is 6.01 Å². The van der Waals surface area contributed by atoms with Gasteiger partial charge in [-0.15, -0.1) is 0 Å². The molecular weight excluding hydrogens is 407 g/mol. The molecule has 2 amide bonds. The smallest absolute Gasteiger partial charge is 0.335 e. The van der Waals surface area contributed by atoms with Crippen LogP contribution in [0.25, 0.3) is 0 Å². The van der Waals surface area contributed by atoms with Crippen LogP contribution in [0.2, 0.25) is 5.28 Å². The largest absolute Gasteiger partial charge is 0.467 e. The number of ether oxygens (including phenoxy) is 1. The molecule has 0 aromatic carbocycles. The maximum Gasteiger partial charge on any atom is 0.335 e. The number of sulfonamides is 1. The minimum absolute atomic E-state index is 0.208. The van der Waals surface area contributed by atoms with Crippen molar-refractivity contribution in [3.63, 3.8) is 0 Å². The Bertz CT molecular complexity index is 945. The van der Waals surface area contributed by atoms with Crippen molar-refractivity contribution in [2.75, 3.05) is 12.4 Å². The van der Waals surface area contributed by atoms with E-state index < -0.39 is 33.4 Å². The van der Waals surface area contributed by atoms with Gasteiger partial charge in [0.25, 0.3) is 10.0 Å². The maximum atomic E-state index is 13.4. The second-order valence-electron chi connectivity index (χ2n) is 4.99. The number of nitrogens with one attached hydrogen (secondary N) is 2. The number of nitrogens with zero attached hydrogens (tertiary/aromatic N) is 4. The third-order valence-corrected chi connectivity index (χ3v) is 4.50. The van der Waals surface area contributed by atoms with Crippen LogP contribution in [0.3, 0.4) is 0 Å². The van der Waals surface area contributed by atoms with Gasteiger partial charge in [0.05, 0.1) is 7.11 Å². The van der Waals surface area contributed by atoms with E-state index in [9.17, 15) is 22.7 Å². The zero-order valence-electron chi connectivity index (χ0n) is 13.9. The molecule has 0 saturated carbocycles. The predicted octanol–water partition coefficient (Wildman–Crippen LogP) is 0.830. The number of hydrogen-bond acceptors (Lipinski definition) is 9. The first-order chi connectivity index (χ1) is 12.6. The molecule has 27 heavy (non-hydrogen) atoms. The fraction of sp³-hybridized carbons (Fsp3) is 0.308. The molecule has 0 fully saturated rings. The van der Waals surface area contributed by atoms with Crippen molar-refractivity contribution in [2.45, 2.75) is 24.2 Å². The normalized spacial score (nSPS) is 13.5. The summed E-state index contributed by atoms with van der Waals surface area (Å²) in [6, 6.07) is 1.04. The van der Waals surface area contributed by atoms with Crippen molar-refractivity contribution < 1.29 is 27.4 Å². The number of alkyl halides is 1. The van der Waals surface area contributed by atoms with Gasteiger partial charge in [-0.1, -0.05) is 6.07 Å². The molecule has 2 atom stereocenters. The van der Waals surface area contributed by atoms with E-state index in [0.29, 0.717) is 0 Å². The molecular formula is C13H14ClFN6O5S. The molecule has 2 heterocycles. The predicted molar refractivity (Wildman–Crippen MR) is 90.5 cm³/mol. The molecule has 2 unspecified atom stereocenters. The van der Waals surface area contributed by atoms with Crippen molar-refractivity contribution in [3.05, 3.63) is 29.2 Å². The van der Waals surface area contributed by atoms with Gasteiger partial charge >= 0.3 is 12.0 Å². The molecule has 0 aliphatic heterocycles. The van der Waals surface area contributed by atoms with Gasteiger partial charge in [0.1, 0.15) is 12.3 Å². The lowest BCUT2D eigenvalue weighted by atomic mass is 10.1. The van der Waals surface area contributed by atoms with Crippen molar-refractivity contribution >= 4 is 33.6 Å². The Labute approximate surface area is 158 Å². The molecule has 146 valence electrons. The lowest BCUT2D eigenvalue weighted by Gasteiger charge is -2.16. The summed E-state index contributed by atoms with van der Waals surface area (Å²) in [5.41, 5.74) is -0.308. The number of methoxy groups -OCH3 is 1. The summed E-state index contributed by atoms with van der Waals surface area (Å²) in [7, 11) is -3.30. The standard InChI is InChI=1S/C13H14ClFN6O5S/c1-6(15)8(22)7-4-3-5-16-9(7)27(24,25)21-12(23)19-11-17-10(14)18-13(20-11)26-2/h3-6,8,22H,1-2H3,(H2,17,18,19,20,21,23). The van der Waals surface area contributed by atoms with Crippen LogP contribution in [-0.2, 0) is 10.0 Å². The first-order valence-corrected chi connectivity index (χ1v) is 9.06. The molecule has 2 aromatic rings. The maximum absolute atomic E-state index is 13.4. The number of aliphatic hydroxyl groups excluding tert-OH is 1. The molecule has 3 N–H and O–H groups in total. The fourth-order valence-electron chi connectivity index (χ4n) is 1.88. The summed E-state index contributed by atoms with van der Waals surface area (Å²) in [6.07, 6.45) is -2.40. The Morgan fingerprint density at radius 2 is 2.07 bits per heavy atom. The van der Waals surface area contributed by atoms with E-state index in [1.807, 2.05) is 5.32 Å². The second-order valence-corrected chi connectivity index (χ2v) is 6.93. The van der Waals surface area contributed by atoms with Crippen LogP contribution < -0.4 is 14.8 Å². The Hall–Kier alpha value is -2.64. The summed E-state index contributed by atoms with van der Waals surface area (Å²) in [5.74, 6) is -0.377. The van der Waals surface area contributed by atoms with Gasteiger partial charge in [-0.25, -0.2) is 18.9 Å². The number of carbonyl (C=O) groups excluding carboxylic acids is 1. The molecule has 0 spiro atoms. The highest BCUT2D eigenvalue weighted by Crippen LogP contribution is 2.24. The summed E-state index contributed by atoms with van der Waals surface area (Å²) >= 11 is 5.62. The lowest BCUT2D eigenvalue weighted by molar-refractivity contribution is 0.0853. The van der Waals surface area contributed by atoms with E-state index >= 15 is 0 Å². The third kappa shape index (κ3) is 5.18. The van der Waals surface area contributed by atoms with Gasteiger partial charge in [-0.2, -0.15) is 23.4 Å². The van der Waals surface area contributed by atoms with E-state index in [4.69, 9.17) is 16.3 Å². The number of anilines is 1. The number of aromatic nitrogens is 4. The minimum atomic E-state index is -4.55. The number of aliphatic hydroxyl groups is 1. The van der Waals surface area contributed by atoms with E-state index in [1.165, 1.54) is 19.2 Å². The lowest BCUT2D eigenvalue weighted by Crippen LogP contribution is -2.36. The molecule has 0 saturated heterocycles. The Balaban J connectivity index is 2.24. The number of halogens is 2. The molecule has 2 rings (SSSR count). The van der Waals surface area contributed by atoms with Gasteiger partial charge in [0.2, 0.25) is 11.2 Å². The van der Waals surface area contributed by atoms with Gasteiger partial charge in [0, 0.05) is 11.8 Å². The molecule has 2 aromatic heterocycles. The summed E-state index contributed by atoms with van der Waals surface area (Å²) in [5, 5.41) is 10.9. The molecule has 0 bridgehead atoms. The van der Waals surface area contributed by atoms with Crippen LogP contribution in [0.5, 0.6) is 6.01 Å². The van der Waals surface area contributed by atoms with E-state index in [0.717, 1.165) is 13.1 Å². The van der Waals surface area contributed by atoms with Gasteiger partial charge in [-0.3, -0.25) is 5.32 Å². The molecule has 0 aliphatic carbocycles. The van der Waals surface area contributed by atoms with Crippen molar-refractivity contribution in [1.82, 2.24) is 24.7 Å².